The van der Waals surface area contributed by atoms with Crippen LogP contribution < -0.4 is 5.73 Å². The average molecular weight is 285 g/mol. The third-order valence-electron chi connectivity index (χ3n) is 3.45. The molecule has 0 atom stereocenters. The number of nitrogens with two attached hydrogens (primary N) is 1. The highest BCUT2D eigenvalue weighted by atomic mass is 35.5. The summed E-state index contributed by atoms with van der Waals surface area (Å²) < 4.78 is 1.96. The van der Waals surface area contributed by atoms with Gasteiger partial charge in [0, 0.05) is 16.1 Å². The predicted molar refractivity (Wildman–Crippen MR) is 83.4 cm³/mol. The number of benzene rings is 2. The van der Waals surface area contributed by atoms with Crippen LogP contribution in [-0.2, 0) is 0 Å². The summed E-state index contributed by atoms with van der Waals surface area (Å²) in [6.45, 7) is 0.479. The molecule has 0 amide bonds. The van der Waals surface area contributed by atoms with Gasteiger partial charge in [0.15, 0.2) is 0 Å². The molecule has 2 N–H and O–H groups in total. The molecule has 0 fully saturated rings. The van der Waals surface area contributed by atoms with Crippen LogP contribution in [-0.4, -0.2) is 29.7 Å². The lowest BCUT2D eigenvalue weighted by Gasteiger charge is -2.10. The minimum absolute atomic E-state index is 0.479. The molecule has 2 aromatic carbocycles. The molecule has 1 aliphatic rings. The van der Waals surface area contributed by atoms with Gasteiger partial charge in [-0.3, -0.25) is 10.7 Å². The van der Waals surface area contributed by atoms with E-state index in [4.69, 9.17) is 17.3 Å². The van der Waals surface area contributed by atoms with Crippen molar-refractivity contribution in [3.63, 3.8) is 0 Å². The van der Waals surface area contributed by atoms with Gasteiger partial charge in [0.1, 0.15) is 12.2 Å². The minimum atomic E-state index is 0.479. The SMILES string of the molecule is C[N+]1=C(N)CN=C(c2ccccc2)c2cc(Cl)ccc21. The first kappa shape index (κ1) is 12.9. The van der Waals surface area contributed by atoms with E-state index in [0.717, 1.165) is 28.4 Å². The first-order valence-corrected chi connectivity index (χ1v) is 6.79. The Morgan fingerprint density at radius 1 is 1.15 bits per heavy atom. The lowest BCUT2D eigenvalue weighted by molar-refractivity contribution is -0.406. The van der Waals surface area contributed by atoms with Crippen molar-refractivity contribution in [2.45, 2.75) is 0 Å². The van der Waals surface area contributed by atoms with Gasteiger partial charge in [-0.05, 0) is 18.2 Å². The number of hydrogen-bond donors (Lipinski definition) is 1. The van der Waals surface area contributed by atoms with Crippen LogP contribution in [0.5, 0.6) is 0 Å². The Bertz CT molecular complexity index is 718. The summed E-state index contributed by atoms with van der Waals surface area (Å²) in [7, 11) is 1.95. The third-order valence-corrected chi connectivity index (χ3v) is 3.69. The summed E-state index contributed by atoms with van der Waals surface area (Å²) in [4.78, 5) is 4.66. The number of aliphatic imine (C=N–C) groups is 1. The van der Waals surface area contributed by atoms with Crippen LogP contribution in [0.1, 0.15) is 11.1 Å². The molecular weight excluding hydrogens is 270 g/mol. The Morgan fingerprint density at radius 3 is 2.65 bits per heavy atom. The van der Waals surface area contributed by atoms with Gasteiger partial charge < -0.3 is 0 Å². The normalized spacial score (nSPS) is 14.6. The van der Waals surface area contributed by atoms with Crippen molar-refractivity contribution in [3.8, 4) is 0 Å². The smallest absolute Gasteiger partial charge is 0.269 e. The van der Waals surface area contributed by atoms with E-state index in [0.29, 0.717) is 11.6 Å². The largest absolute Gasteiger partial charge is 0.289 e. The second kappa shape index (κ2) is 5.10. The fourth-order valence-electron chi connectivity index (χ4n) is 2.34. The van der Waals surface area contributed by atoms with Crippen LogP contribution in [0.4, 0.5) is 5.69 Å². The fourth-order valence-corrected chi connectivity index (χ4v) is 2.51. The third kappa shape index (κ3) is 2.21. The highest BCUT2D eigenvalue weighted by Crippen LogP contribution is 2.27. The second-order valence-corrected chi connectivity index (χ2v) is 5.18. The van der Waals surface area contributed by atoms with Crippen LogP contribution >= 0.6 is 11.6 Å². The van der Waals surface area contributed by atoms with E-state index < -0.39 is 0 Å². The maximum atomic E-state index is 6.16. The van der Waals surface area contributed by atoms with E-state index >= 15 is 0 Å². The van der Waals surface area contributed by atoms with E-state index in [1.165, 1.54) is 0 Å². The molecule has 100 valence electrons. The summed E-state index contributed by atoms with van der Waals surface area (Å²) in [5, 5.41) is 0.696. The number of hydrogen-bond acceptors (Lipinski definition) is 2. The van der Waals surface area contributed by atoms with Crippen LogP contribution in [0.3, 0.4) is 0 Å². The number of halogens is 1. The van der Waals surface area contributed by atoms with Gasteiger partial charge >= 0.3 is 0 Å². The van der Waals surface area contributed by atoms with Crippen LogP contribution in [0, 0.1) is 0 Å². The van der Waals surface area contributed by atoms with E-state index in [1.807, 2.05) is 60.2 Å². The molecule has 0 aliphatic carbocycles. The zero-order valence-electron chi connectivity index (χ0n) is 11.2. The van der Waals surface area contributed by atoms with Crippen molar-refractivity contribution in [2.24, 2.45) is 10.7 Å². The van der Waals surface area contributed by atoms with Crippen LogP contribution in [0.15, 0.2) is 53.5 Å². The first-order valence-electron chi connectivity index (χ1n) is 6.41. The highest BCUT2D eigenvalue weighted by Gasteiger charge is 2.21. The molecule has 0 radical (unpaired) electrons. The first-order chi connectivity index (χ1) is 9.66. The maximum Gasteiger partial charge on any atom is 0.269 e. The van der Waals surface area contributed by atoms with Gasteiger partial charge in [0.2, 0.25) is 0 Å². The fraction of sp³-hybridized carbons (Fsp3) is 0.125. The Balaban J connectivity index is 2.25. The van der Waals surface area contributed by atoms with E-state index in [1.54, 1.807) is 0 Å². The van der Waals surface area contributed by atoms with Gasteiger partial charge in [0.25, 0.3) is 5.84 Å². The summed E-state index contributed by atoms with van der Waals surface area (Å²) in [5.41, 5.74) is 10.1. The zero-order chi connectivity index (χ0) is 14.1. The monoisotopic (exact) mass is 284 g/mol. The molecular formula is C16H15ClN3+. The van der Waals surface area contributed by atoms with Crippen molar-refractivity contribution in [1.29, 1.82) is 0 Å². The summed E-state index contributed by atoms with van der Waals surface area (Å²) in [6.07, 6.45) is 0. The molecule has 2 aromatic rings. The van der Waals surface area contributed by atoms with E-state index in [9.17, 15) is 0 Å². The van der Waals surface area contributed by atoms with Crippen LogP contribution in [0.25, 0.3) is 0 Å². The van der Waals surface area contributed by atoms with E-state index in [2.05, 4.69) is 4.99 Å². The molecule has 1 heterocycles. The number of rotatable bonds is 1. The standard InChI is InChI=1S/C16H14ClN3/c1-20-14-8-7-12(17)9-13(14)16(19-10-15(20)18)11-5-3-2-4-6-11/h2-9,18H,10H2,1H3/p+1. The van der Waals surface area contributed by atoms with Crippen molar-refractivity contribution in [1.82, 2.24) is 0 Å². The summed E-state index contributed by atoms with van der Waals surface area (Å²) in [6, 6.07) is 15.9. The highest BCUT2D eigenvalue weighted by molar-refractivity contribution is 6.31. The lowest BCUT2D eigenvalue weighted by atomic mass is 10.0. The molecule has 0 saturated carbocycles. The molecule has 3 rings (SSSR count). The van der Waals surface area contributed by atoms with Gasteiger partial charge in [0.05, 0.1) is 12.8 Å². The molecule has 0 saturated heterocycles. The lowest BCUT2D eigenvalue weighted by Crippen LogP contribution is -2.25. The predicted octanol–water partition coefficient (Wildman–Crippen LogP) is 2.82. The maximum absolute atomic E-state index is 6.16. The summed E-state index contributed by atoms with van der Waals surface area (Å²) in [5.74, 6) is 0.722. The molecule has 0 unspecified atom stereocenters. The van der Waals surface area contributed by atoms with Crippen molar-refractivity contribution >= 4 is 28.8 Å². The molecule has 1 aliphatic heterocycles. The van der Waals surface area contributed by atoms with E-state index in [-0.39, 0.29) is 0 Å². The zero-order valence-corrected chi connectivity index (χ0v) is 11.9. The minimum Gasteiger partial charge on any atom is -0.289 e. The second-order valence-electron chi connectivity index (χ2n) is 4.74. The Labute approximate surface area is 123 Å². The summed E-state index contributed by atoms with van der Waals surface area (Å²) >= 11 is 6.16. The molecule has 0 aromatic heterocycles. The number of nitrogens with zero attached hydrogens (tertiary/aromatic N) is 2. The molecule has 3 nitrogen and oxygen atoms in total. The van der Waals surface area contributed by atoms with Gasteiger partial charge in [-0.15, -0.1) is 0 Å². The van der Waals surface area contributed by atoms with Gasteiger partial charge in [-0.25, -0.2) is 4.58 Å². The number of fused-ring (bicyclic) bond motifs is 1. The average Bonchev–Trinajstić information content (AvgIpc) is 2.58. The van der Waals surface area contributed by atoms with Crippen molar-refractivity contribution in [3.05, 3.63) is 64.7 Å². The van der Waals surface area contributed by atoms with Crippen LogP contribution in [0.2, 0.25) is 5.02 Å². The van der Waals surface area contributed by atoms with Gasteiger partial charge in [-0.2, -0.15) is 0 Å². The molecule has 0 bridgehead atoms. The Kier molecular flexibility index (Phi) is 3.28. The molecule has 0 spiro atoms. The quantitative estimate of drug-likeness (QED) is 0.804. The molecule has 20 heavy (non-hydrogen) atoms. The van der Waals surface area contributed by atoms with Gasteiger partial charge in [-0.1, -0.05) is 41.9 Å². The number of amidine groups is 1. The topological polar surface area (TPSA) is 41.4 Å². The Morgan fingerprint density at radius 2 is 1.90 bits per heavy atom. The molecule has 4 heteroatoms. The van der Waals surface area contributed by atoms with Crippen molar-refractivity contribution < 1.29 is 4.58 Å². The van der Waals surface area contributed by atoms with Crippen molar-refractivity contribution in [2.75, 3.05) is 13.6 Å². The Hall–Kier alpha value is -2.13.